The van der Waals surface area contributed by atoms with E-state index in [-0.39, 0.29) is 35.0 Å². The molecule has 0 aromatic heterocycles. The Hall–Kier alpha value is -3.84. The predicted molar refractivity (Wildman–Crippen MR) is 121 cm³/mol. The summed E-state index contributed by atoms with van der Waals surface area (Å²) in [5.74, 6) is 0.0916. The van der Waals surface area contributed by atoms with Crippen LogP contribution in [0.3, 0.4) is 0 Å². The number of ether oxygens (including phenoxy) is 1. The van der Waals surface area contributed by atoms with E-state index in [0.717, 1.165) is 0 Å². The van der Waals surface area contributed by atoms with Gasteiger partial charge in [0.2, 0.25) is 0 Å². The quantitative estimate of drug-likeness (QED) is 0.414. The monoisotopic (exact) mass is 417 g/mol. The fourth-order valence-corrected chi connectivity index (χ4v) is 3.85. The summed E-state index contributed by atoms with van der Waals surface area (Å²) in [5.41, 5.74) is 9.44. The van der Waals surface area contributed by atoms with Crippen molar-refractivity contribution in [3.8, 4) is 5.75 Å². The first kappa shape index (κ1) is 20.4. The number of nitrogens with two attached hydrogens (primary N) is 1. The molecule has 158 valence electrons. The molecule has 0 saturated heterocycles. The standard InChI is InChI=1S/C24H23N3O4/c1-27(10-11-28)19-13-18(26-14-6-5-7-15(12-14)31-2)20-21(22(19)25)24(30)17-9-4-3-8-16(17)23(20)29/h3-9,12-13,26,28H,10-11,25H2,1-2H3. The van der Waals surface area contributed by atoms with Crippen molar-refractivity contribution in [2.24, 2.45) is 0 Å². The molecule has 4 N–H and O–H groups in total. The summed E-state index contributed by atoms with van der Waals surface area (Å²) >= 11 is 0. The van der Waals surface area contributed by atoms with Gasteiger partial charge in [-0.25, -0.2) is 0 Å². The number of nitrogen functional groups attached to an aromatic ring is 1. The smallest absolute Gasteiger partial charge is 0.196 e. The van der Waals surface area contributed by atoms with Crippen LogP contribution < -0.4 is 20.7 Å². The number of hydrogen-bond acceptors (Lipinski definition) is 7. The SMILES string of the molecule is COc1cccc(Nc2cc(N(C)CCO)c(N)c3c2C(=O)c2ccccc2C3=O)c1. The van der Waals surface area contributed by atoms with Crippen LogP contribution in [0.25, 0.3) is 0 Å². The van der Waals surface area contributed by atoms with Gasteiger partial charge in [0.25, 0.3) is 0 Å². The number of fused-ring (bicyclic) bond motifs is 2. The number of methoxy groups -OCH3 is 1. The summed E-state index contributed by atoms with van der Waals surface area (Å²) in [4.78, 5) is 28.5. The number of nitrogens with one attached hydrogen (secondary N) is 1. The van der Waals surface area contributed by atoms with E-state index >= 15 is 0 Å². The molecule has 3 aromatic rings. The number of nitrogens with zero attached hydrogens (tertiary/aromatic N) is 1. The molecule has 7 nitrogen and oxygen atoms in total. The minimum Gasteiger partial charge on any atom is -0.497 e. The fourth-order valence-electron chi connectivity index (χ4n) is 3.85. The second-order valence-electron chi connectivity index (χ2n) is 7.31. The van der Waals surface area contributed by atoms with Crippen LogP contribution >= 0.6 is 0 Å². The molecule has 7 heteroatoms. The van der Waals surface area contributed by atoms with E-state index in [9.17, 15) is 14.7 Å². The van der Waals surface area contributed by atoms with Crippen molar-refractivity contribution in [2.75, 3.05) is 43.3 Å². The molecule has 1 aliphatic carbocycles. The molecule has 0 spiro atoms. The van der Waals surface area contributed by atoms with E-state index in [4.69, 9.17) is 10.5 Å². The Labute approximate surface area is 180 Å². The highest BCUT2D eigenvalue weighted by Gasteiger charge is 2.35. The second-order valence-corrected chi connectivity index (χ2v) is 7.31. The van der Waals surface area contributed by atoms with E-state index < -0.39 is 0 Å². The van der Waals surface area contributed by atoms with Crippen molar-refractivity contribution in [1.29, 1.82) is 0 Å². The molecule has 0 amide bonds. The lowest BCUT2D eigenvalue weighted by Gasteiger charge is -2.28. The highest BCUT2D eigenvalue weighted by atomic mass is 16.5. The highest BCUT2D eigenvalue weighted by molar-refractivity contribution is 6.32. The molecular formula is C24H23N3O4. The Morgan fingerprint density at radius 1 is 1.00 bits per heavy atom. The summed E-state index contributed by atoms with van der Waals surface area (Å²) < 4.78 is 5.29. The molecule has 0 saturated carbocycles. The van der Waals surface area contributed by atoms with E-state index in [2.05, 4.69) is 5.32 Å². The molecule has 0 unspecified atom stereocenters. The Morgan fingerprint density at radius 2 is 1.68 bits per heavy atom. The van der Waals surface area contributed by atoms with Gasteiger partial charge in [-0.05, 0) is 18.2 Å². The van der Waals surface area contributed by atoms with Gasteiger partial charge in [-0.2, -0.15) is 0 Å². The maximum Gasteiger partial charge on any atom is 0.196 e. The van der Waals surface area contributed by atoms with Gasteiger partial charge < -0.3 is 25.8 Å². The topological polar surface area (TPSA) is 105 Å². The van der Waals surface area contributed by atoms with Crippen LogP contribution in [0.5, 0.6) is 5.75 Å². The van der Waals surface area contributed by atoms with Gasteiger partial charge in [0.15, 0.2) is 11.6 Å². The van der Waals surface area contributed by atoms with Crippen molar-refractivity contribution in [1.82, 2.24) is 0 Å². The molecule has 1 aliphatic rings. The van der Waals surface area contributed by atoms with Crippen molar-refractivity contribution in [3.63, 3.8) is 0 Å². The lowest BCUT2D eigenvalue weighted by atomic mass is 9.81. The molecular weight excluding hydrogens is 394 g/mol. The zero-order valence-corrected chi connectivity index (χ0v) is 17.3. The Balaban J connectivity index is 1.94. The normalized spacial score (nSPS) is 12.2. The van der Waals surface area contributed by atoms with Gasteiger partial charge in [0.05, 0.1) is 41.9 Å². The zero-order chi connectivity index (χ0) is 22.1. The summed E-state index contributed by atoms with van der Waals surface area (Å²) in [7, 11) is 3.35. The minimum absolute atomic E-state index is 0.0820. The number of benzene rings is 3. The molecule has 0 atom stereocenters. The number of aliphatic hydroxyl groups is 1. The van der Waals surface area contributed by atoms with Crippen LogP contribution in [0.4, 0.5) is 22.7 Å². The van der Waals surface area contributed by atoms with E-state index in [0.29, 0.717) is 40.5 Å². The lowest BCUT2D eigenvalue weighted by Crippen LogP contribution is -2.27. The predicted octanol–water partition coefficient (Wildman–Crippen LogP) is 3.22. The average molecular weight is 417 g/mol. The van der Waals surface area contributed by atoms with Gasteiger partial charge in [-0.3, -0.25) is 9.59 Å². The van der Waals surface area contributed by atoms with Gasteiger partial charge in [-0.15, -0.1) is 0 Å². The molecule has 0 fully saturated rings. The number of rotatable bonds is 6. The number of carbonyl (C=O) groups is 2. The zero-order valence-electron chi connectivity index (χ0n) is 17.3. The number of aliphatic hydroxyl groups excluding tert-OH is 1. The number of likely N-dealkylation sites (N-methyl/N-ethyl adjacent to an activating group) is 1. The fraction of sp³-hybridized carbons (Fsp3) is 0.167. The Kier molecular flexibility index (Phi) is 5.35. The summed E-state index contributed by atoms with van der Waals surface area (Å²) in [6.45, 7) is 0.238. The van der Waals surface area contributed by atoms with E-state index in [1.807, 2.05) is 18.2 Å². The van der Waals surface area contributed by atoms with E-state index in [1.54, 1.807) is 55.5 Å². The maximum atomic E-state index is 13.4. The van der Waals surface area contributed by atoms with Crippen LogP contribution in [0, 0.1) is 0 Å². The number of ketones is 2. The van der Waals surface area contributed by atoms with Crippen LogP contribution in [0.1, 0.15) is 31.8 Å². The Morgan fingerprint density at radius 3 is 2.32 bits per heavy atom. The summed E-state index contributed by atoms with van der Waals surface area (Å²) in [5, 5.41) is 12.6. The van der Waals surface area contributed by atoms with Gasteiger partial charge in [0.1, 0.15) is 5.75 Å². The van der Waals surface area contributed by atoms with Crippen LogP contribution in [0.2, 0.25) is 0 Å². The molecule has 0 radical (unpaired) electrons. The number of carbonyl (C=O) groups excluding carboxylic acids is 2. The van der Waals surface area contributed by atoms with Gasteiger partial charge in [0, 0.05) is 36.5 Å². The van der Waals surface area contributed by atoms with Crippen molar-refractivity contribution in [2.45, 2.75) is 0 Å². The number of anilines is 4. The maximum absolute atomic E-state index is 13.4. The molecule has 3 aromatic carbocycles. The molecule has 0 bridgehead atoms. The lowest BCUT2D eigenvalue weighted by molar-refractivity contribution is 0.0980. The third-order valence-electron chi connectivity index (χ3n) is 5.41. The van der Waals surface area contributed by atoms with Gasteiger partial charge >= 0.3 is 0 Å². The molecule has 0 heterocycles. The van der Waals surface area contributed by atoms with Crippen molar-refractivity contribution >= 4 is 34.3 Å². The number of hydrogen-bond donors (Lipinski definition) is 3. The van der Waals surface area contributed by atoms with Crippen LogP contribution in [-0.2, 0) is 0 Å². The second kappa shape index (κ2) is 8.12. The summed E-state index contributed by atoms with van der Waals surface area (Å²) in [6, 6.07) is 15.8. The molecule has 4 rings (SSSR count). The van der Waals surface area contributed by atoms with Crippen molar-refractivity contribution < 1.29 is 19.4 Å². The largest absolute Gasteiger partial charge is 0.497 e. The first-order valence-electron chi connectivity index (χ1n) is 9.84. The van der Waals surface area contributed by atoms with Crippen molar-refractivity contribution in [3.05, 3.63) is 76.9 Å². The summed E-state index contributed by atoms with van der Waals surface area (Å²) in [6.07, 6.45) is 0. The first-order chi connectivity index (χ1) is 15.0. The molecule has 31 heavy (non-hydrogen) atoms. The third kappa shape index (κ3) is 3.49. The average Bonchev–Trinajstić information content (AvgIpc) is 2.78. The Bertz CT molecular complexity index is 1190. The third-order valence-corrected chi connectivity index (χ3v) is 5.41. The van der Waals surface area contributed by atoms with Crippen LogP contribution in [0.15, 0.2) is 54.6 Å². The first-order valence-corrected chi connectivity index (χ1v) is 9.84. The van der Waals surface area contributed by atoms with Gasteiger partial charge in [-0.1, -0.05) is 30.3 Å². The minimum atomic E-state index is -0.296. The van der Waals surface area contributed by atoms with Crippen LogP contribution in [-0.4, -0.2) is 44.0 Å². The highest BCUT2D eigenvalue weighted by Crippen LogP contribution is 2.41. The van der Waals surface area contributed by atoms with E-state index in [1.165, 1.54) is 0 Å². The molecule has 0 aliphatic heterocycles.